The smallest absolute Gasteiger partial charge is 0.475 e. The van der Waals surface area contributed by atoms with E-state index < -0.39 is 44.3 Å². The highest BCUT2D eigenvalue weighted by Gasteiger charge is 2.47. The summed E-state index contributed by atoms with van der Waals surface area (Å²) in [4.78, 5) is 60.4. The summed E-state index contributed by atoms with van der Waals surface area (Å²) < 4.78 is 28.5. The molecule has 0 fully saturated rings. The summed E-state index contributed by atoms with van der Waals surface area (Å²) in [7, 11) is -5.33. The number of ether oxygens (including phenoxy) is 3. The number of rotatable bonds is 10. The molecule has 0 aromatic heterocycles. The summed E-state index contributed by atoms with van der Waals surface area (Å²) in [5.41, 5.74) is 0. The molecule has 13 heteroatoms. The molecule has 0 atom stereocenters. The molecular weight excluding hydrogens is 391 g/mol. The van der Waals surface area contributed by atoms with Gasteiger partial charge < -0.3 is 29.1 Å². The number of phosphoric acid groups is 1. The SMILES string of the molecule is C=CC(=O)O.C=CC(=O)OCC(OC(=O)C=C)(OC(=O)C=C)OP(=O)(O)O. The minimum absolute atomic E-state index is 0.592. The molecule has 0 heterocycles. The first-order valence-electron chi connectivity index (χ1n) is 6.46. The van der Waals surface area contributed by atoms with E-state index in [1.807, 2.05) is 0 Å². The largest absolute Gasteiger partial charge is 0.478 e. The average Bonchev–Trinajstić information content (AvgIpc) is 2.58. The molecule has 0 aliphatic heterocycles. The van der Waals surface area contributed by atoms with E-state index in [1.165, 1.54) is 0 Å². The van der Waals surface area contributed by atoms with Gasteiger partial charge in [0.25, 0.3) is 0 Å². The van der Waals surface area contributed by atoms with Crippen LogP contribution in [-0.2, 0) is 42.5 Å². The molecule has 0 aliphatic carbocycles. The molecular formula is C14H17O12P. The molecule has 0 spiro atoms. The zero-order valence-corrected chi connectivity index (χ0v) is 14.7. The zero-order chi connectivity index (χ0) is 21.7. The van der Waals surface area contributed by atoms with Crippen molar-refractivity contribution in [1.82, 2.24) is 0 Å². The minimum atomic E-state index is -5.33. The Balaban J connectivity index is 0. The molecule has 0 aliphatic rings. The number of phosphoric ester groups is 1. The van der Waals surface area contributed by atoms with Crippen molar-refractivity contribution in [3.8, 4) is 0 Å². The number of hydrogen-bond acceptors (Lipinski definition) is 9. The van der Waals surface area contributed by atoms with Gasteiger partial charge >= 0.3 is 37.7 Å². The first kappa shape index (κ1) is 26.2. The Bertz CT molecular complexity index is 637. The Morgan fingerprint density at radius 1 is 0.852 bits per heavy atom. The van der Waals surface area contributed by atoms with Crippen molar-refractivity contribution in [1.29, 1.82) is 0 Å². The summed E-state index contributed by atoms with van der Waals surface area (Å²) in [6.45, 7) is 10.9. The third-order valence-corrected chi connectivity index (χ3v) is 2.35. The maximum absolute atomic E-state index is 11.2. The van der Waals surface area contributed by atoms with E-state index in [9.17, 15) is 23.7 Å². The van der Waals surface area contributed by atoms with Crippen LogP contribution < -0.4 is 0 Å². The maximum Gasteiger partial charge on any atom is 0.475 e. The van der Waals surface area contributed by atoms with Gasteiger partial charge in [-0.3, -0.25) is 0 Å². The molecule has 150 valence electrons. The lowest BCUT2D eigenvalue weighted by Gasteiger charge is -2.30. The average molecular weight is 408 g/mol. The van der Waals surface area contributed by atoms with Gasteiger partial charge in [-0.25, -0.2) is 28.3 Å². The van der Waals surface area contributed by atoms with Crippen molar-refractivity contribution in [2.24, 2.45) is 0 Å². The molecule has 0 saturated heterocycles. The molecule has 0 aromatic rings. The minimum Gasteiger partial charge on any atom is -0.478 e. The fraction of sp³-hybridized carbons (Fsp3) is 0.143. The first-order chi connectivity index (χ1) is 12.3. The molecule has 0 radical (unpaired) electrons. The van der Waals surface area contributed by atoms with E-state index in [-0.39, 0.29) is 0 Å². The van der Waals surface area contributed by atoms with Crippen LogP contribution in [0.2, 0.25) is 0 Å². The van der Waals surface area contributed by atoms with E-state index >= 15 is 0 Å². The van der Waals surface area contributed by atoms with E-state index in [2.05, 4.69) is 45.1 Å². The molecule has 0 amide bonds. The van der Waals surface area contributed by atoms with Crippen LogP contribution in [-0.4, -0.2) is 51.4 Å². The van der Waals surface area contributed by atoms with E-state index in [4.69, 9.17) is 14.9 Å². The zero-order valence-electron chi connectivity index (χ0n) is 13.8. The fourth-order valence-electron chi connectivity index (χ4n) is 0.933. The highest BCUT2D eigenvalue weighted by molar-refractivity contribution is 7.46. The van der Waals surface area contributed by atoms with Gasteiger partial charge in [-0.2, -0.15) is 0 Å². The molecule has 0 saturated carbocycles. The van der Waals surface area contributed by atoms with Gasteiger partial charge in [0.05, 0.1) is 0 Å². The van der Waals surface area contributed by atoms with Gasteiger partial charge in [0, 0.05) is 24.3 Å². The first-order valence-corrected chi connectivity index (χ1v) is 7.99. The Labute approximate surface area is 153 Å². The lowest BCUT2D eigenvalue weighted by molar-refractivity contribution is -0.323. The van der Waals surface area contributed by atoms with Gasteiger partial charge in [-0.05, 0) is 0 Å². The number of carbonyl (C=O) groups excluding carboxylic acids is 3. The molecule has 0 bridgehead atoms. The van der Waals surface area contributed by atoms with Crippen LogP contribution in [0.5, 0.6) is 0 Å². The van der Waals surface area contributed by atoms with Crippen LogP contribution in [0.15, 0.2) is 50.6 Å². The van der Waals surface area contributed by atoms with E-state index in [0.29, 0.717) is 18.2 Å². The van der Waals surface area contributed by atoms with E-state index in [0.717, 1.165) is 6.08 Å². The summed E-state index contributed by atoms with van der Waals surface area (Å²) >= 11 is 0. The summed E-state index contributed by atoms with van der Waals surface area (Å²) in [5, 5.41) is 7.60. The van der Waals surface area contributed by atoms with Crippen molar-refractivity contribution in [3.05, 3.63) is 50.6 Å². The van der Waals surface area contributed by atoms with Gasteiger partial charge in [0.2, 0.25) is 0 Å². The van der Waals surface area contributed by atoms with Crippen LogP contribution in [0.4, 0.5) is 0 Å². The topological polar surface area (TPSA) is 183 Å². The normalized spacial score (nSPS) is 10.1. The third-order valence-electron chi connectivity index (χ3n) is 1.84. The fourth-order valence-corrected chi connectivity index (χ4v) is 1.42. The van der Waals surface area contributed by atoms with Crippen molar-refractivity contribution in [3.63, 3.8) is 0 Å². The van der Waals surface area contributed by atoms with Crippen molar-refractivity contribution >= 4 is 31.7 Å². The van der Waals surface area contributed by atoms with Gasteiger partial charge in [0.1, 0.15) is 0 Å². The van der Waals surface area contributed by atoms with Crippen LogP contribution in [0.1, 0.15) is 0 Å². The van der Waals surface area contributed by atoms with Gasteiger partial charge in [-0.15, -0.1) is 0 Å². The predicted molar refractivity (Wildman–Crippen MR) is 87.4 cm³/mol. The second-order valence-corrected chi connectivity index (χ2v) is 5.03. The van der Waals surface area contributed by atoms with Gasteiger partial charge in [-0.1, -0.05) is 26.3 Å². The molecule has 3 N–H and O–H groups in total. The second-order valence-electron chi connectivity index (χ2n) is 3.87. The number of hydrogen-bond donors (Lipinski definition) is 3. The maximum atomic E-state index is 11.2. The second kappa shape index (κ2) is 12.3. The number of carboxylic acid groups (broad SMARTS) is 1. The number of carbonyl (C=O) groups is 4. The standard InChI is InChI=1S/C11H13O10P.C3H4O2/c1-4-8(12)18-7-11(19-9(13)5-2,20-10(14)6-3)21-22(15,16)17;1-2-3(4)5/h4-6H,1-3,7H2,(H2,15,16,17);2H,1H2,(H,4,5). The molecule has 12 nitrogen and oxygen atoms in total. The van der Waals surface area contributed by atoms with Crippen molar-refractivity contribution in [2.45, 2.75) is 5.97 Å². The number of aliphatic carboxylic acids is 1. The lowest BCUT2D eigenvalue weighted by Crippen LogP contribution is -2.46. The van der Waals surface area contributed by atoms with Crippen LogP contribution in [0.25, 0.3) is 0 Å². The van der Waals surface area contributed by atoms with Crippen molar-refractivity contribution in [2.75, 3.05) is 6.61 Å². The van der Waals surface area contributed by atoms with Crippen LogP contribution in [0, 0.1) is 0 Å². The summed E-state index contributed by atoms with van der Waals surface area (Å²) in [5.74, 6) is -7.64. The van der Waals surface area contributed by atoms with Crippen LogP contribution in [0.3, 0.4) is 0 Å². The highest BCUT2D eigenvalue weighted by Crippen LogP contribution is 2.42. The summed E-state index contributed by atoms with van der Waals surface area (Å²) in [6.07, 6.45) is 2.72. The Kier molecular flexibility index (Phi) is 12.0. The van der Waals surface area contributed by atoms with Gasteiger partial charge in [0.15, 0.2) is 6.61 Å². The highest BCUT2D eigenvalue weighted by atomic mass is 31.2. The number of carboxylic acids is 1. The quantitative estimate of drug-likeness (QED) is 0.193. The monoisotopic (exact) mass is 408 g/mol. The molecule has 0 aromatic carbocycles. The molecule has 0 unspecified atom stereocenters. The van der Waals surface area contributed by atoms with Crippen molar-refractivity contribution < 1.29 is 57.4 Å². The third kappa shape index (κ3) is 13.9. The van der Waals surface area contributed by atoms with Crippen LogP contribution >= 0.6 is 7.82 Å². The number of esters is 3. The Morgan fingerprint density at radius 2 is 1.22 bits per heavy atom. The molecule has 0 rings (SSSR count). The summed E-state index contributed by atoms with van der Waals surface area (Å²) in [6, 6.07) is 0. The lowest BCUT2D eigenvalue weighted by atomic mass is 10.5. The Morgan fingerprint density at radius 3 is 1.48 bits per heavy atom. The molecule has 27 heavy (non-hydrogen) atoms. The Hall–Kier alpha value is -3.05. The van der Waals surface area contributed by atoms with E-state index in [1.54, 1.807) is 0 Å². The predicted octanol–water partition coefficient (Wildman–Crippen LogP) is 0.194.